The second-order valence-electron chi connectivity index (χ2n) is 11.0. The molecule has 11 nitrogen and oxygen atoms in total. The lowest BCUT2D eigenvalue weighted by Gasteiger charge is -2.37. The number of nitrogens with zero attached hydrogens (tertiary/aromatic N) is 1. The first-order valence-electron chi connectivity index (χ1n) is 14.8. The molecule has 238 valence electrons. The summed E-state index contributed by atoms with van der Waals surface area (Å²) in [6.07, 6.45) is 1.21. The Balaban J connectivity index is 1.51. The molecule has 0 aliphatic carbocycles. The van der Waals surface area contributed by atoms with Crippen LogP contribution in [0.5, 0.6) is 0 Å². The van der Waals surface area contributed by atoms with E-state index in [9.17, 15) is 19.2 Å². The summed E-state index contributed by atoms with van der Waals surface area (Å²) in [4.78, 5) is 52.7. The zero-order chi connectivity index (χ0) is 32.7. The second kappa shape index (κ2) is 14.2. The number of ether oxygens (including phenoxy) is 3. The molecule has 4 aromatic rings. The van der Waals surface area contributed by atoms with Gasteiger partial charge in [0, 0.05) is 23.8 Å². The Morgan fingerprint density at radius 2 is 1.50 bits per heavy atom. The van der Waals surface area contributed by atoms with Crippen LogP contribution in [0.4, 0.5) is 4.79 Å². The summed E-state index contributed by atoms with van der Waals surface area (Å²) < 4.78 is 19.5. The molecule has 3 amide bonds. The first-order valence-corrected chi connectivity index (χ1v) is 14.8. The first kappa shape index (κ1) is 32.1. The number of aromatic amines is 1. The van der Waals surface area contributed by atoms with E-state index in [2.05, 4.69) is 15.6 Å². The monoisotopic (exact) mass is 624 g/mol. The van der Waals surface area contributed by atoms with Crippen molar-refractivity contribution in [2.75, 3.05) is 13.7 Å². The van der Waals surface area contributed by atoms with Gasteiger partial charge in [-0.25, -0.2) is 9.59 Å². The zero-order valence-corrected chi connectivity index (χ0v) is 25.8. The first-order chi connectivity index (χ1) is 22.2. The van der Waals surface area contributed by atoms with Crippen LogP contribution in [0.3, 0.4) is 0 Å². The third-order valence-corrected chi connectivity index (χ3v) is 7.89. The number of aromatic nitrogens is 2. The summed E-state index contributed by atoms with van der Waals surface area (Å²) >= 11 is 0. The molecule has 1 fully saturated rings. The van der Waals surface area contributed by atoms with E-state index in [0.29, 0.717) is 5.56 Å². The lowest BCUT2D eigenvalue weighted by molar-refractivity contribution is -0.116. The molecule has 1 aliphatic heterocycles. The maximum atomic E-state index is 13.0. The van der Waals surface area contributed by atoms with Crippen LogP contribution in [0, 0.1) is 6.92 Å². The smallest absolute Gasteiger partial charge is 0.330 e. The third kappa shape index (κ3) is 6.85. The van der Waals surface area contributed by atoms with Crippen LogP contribution in [-0.2, 0) is 24.6 Å². The van der Waals surface area contributed by atoms with Gasteiger partial charge in [0.2, 0.25) is 0 Å². The number of nitrogens with one attached hydrogen (secondary N) is 3. The summed E-state index contributed by atoms with van der Waals surface area (Å²) in [6.45, 7) is 3.08. The Kier molecular flexibility index (Phi) is 9.94. The summed E-state index contributed by atoms with van der Waals surface area (Å²) in [5.74, 6) is -0.633. The number of rotatable bonds is 10. The Hall–Kier alpha value is -5.26. The fourth-order valence-electron chi connectivity index (χ4n) is 5.62. The average molecular weight is 625 g/mol. The highest BCUT2D eigenvalue weighted by Gasteiger charge is 2.43. The van der Waals surface area contributed by atoms with Crippen molar-refractivity contribution in [2.24, 2.45) is 0 Å². The van der Waals surface area contributed by atoms with Gasteiger partial charge in [-0.3, -0.25) is 24.5 Å². The molecule has 0 bridgehead atoms. The molecule has 0 radical (unpaired) electrons. The number of H-pyrrole nitrogens is 1. The van der Waals surface area contributed by atoms with E-state index >= 15 is 0 Å². The van der Waals surface area contributed by atoms with Crippen LogP contribution in [0.2, 0.25) is 0 Å². The summed E-state index contributed by atoms with van der Waals surface area (Å²) in [6, 6.07) is 28.0. The minimum absolute atomic E-state index is 0.0201. The number of urea groups is 1. The van der Waals surface area contributed by atoms with E-state index in [1.807, 2.05) is 91.0 Å². The largest absolute Gasteiger partial charge is 0.504 e. The Labute approximate surface area is 265 Å². The van der Waals surface area contributed by atoms with Crippen LogP contribution in [-0.4, -0.2) is 47.4 Å². The number of aryl methyl sites for hydroxylation is 1. The number of carbonyl (C=O) groups is 2. The van der Waals surface area contributed by atoms with E-state index in [-0.39, 0.29) is 18.6 Å². The number of amides is 3. The number of imide groups is 1. The van der Waals surface area contributed by atoms with Gasteiger partial charge in [0.05, 0.1) is 26.0 Å². The standard InChI is InChI=1S/C35H36N4O7/c1-23-20-39(34(43)38-31(23)40)30-19-28(36-33(42)37-32(41)24(2)21-44-3)29(46-30)22-45-35(25-13-7-4-8-14-25,26-15-9-5-10-16-26)27-17-11-6-12-18-27/h4-18,20-21,28-30H,19,22H2,1-3H3,(H,38,40,43)(H2,36,37,41,42)/b24-21+/t28-,29+,30+/m0/s1. The number of benzene rings is 3. The highest BCUT2D eigenvalue weighted by atomic mass is 16.6. The van der Waals surface area contributed by atoms with E-state index in [1.54, 1.807) is 6.92 Å². The molecule has 1 aromatic heterocycles. The van der Waals surface area contributed by atoms with E-state index in [1.165, 1.54) is 31.1 Å². The van der Waals surface area contributed by atoms with E-state index in [0.717, 1.165) is 16.7 Å². The Morgan fingerprint density at radius 3 is 2.02 bits per heavy atom. The normalized spacial score (nSPS) is 18.2. The number of hydrogen-bond acceptors (Lipinski definition) is 7. The van der Waals surface area contributed by atoms with Crippen molar-refractivity contribution in [3.63, 3.8) is 0 Å². The quantitative estimate of drug-likeness (QED) is 0.138. The van der Waals surface area contributed by atoms with Crippen molar-refractivity contribution in [3.05, 3.63) is 152 Å². The summed E-state index contributed by atoms with van der Waals surface area (Å²) in [5.41, 5.74) is 0.950. The van der Waals surface area contributed by atoms with E-state index < -0.39 is 47.2 Å². The van der Waals surface area contributed by atoms with Crippen molar-refractivity contribution in [2.45, 2.75) is 44.2 Å². The highest BCUT2D eigenvalue weighted by Crippen LogP contribution is 2.41. The van der Waals surface area contributed by atoms with Crippen LogP contribution < -0.4 is 21.9 Å². The maximum absolute atomic E-state index is 13.0. The predicted molar refractivity (Wildman–Crippen MR) is 171 cm³/mol. The van der Waals surface area contributed by atoms with Crippen molar-refractivity contribution in [3.8, 4) is 0 Å². The molecule has 3 N–H and O–H groups in total. The van der Waals surface area contributed by atoms with Gasteiger partial charge >= 0.3 is 11.7 Å². The number of carbonyl (C=O) groups excluding carboxylic acids is 2. The molecule has 0 saturated carbocycles. The number of methoxy groups -OCH3 is 1. The predicted octanol–water partition coefficient (Wildman–Crippen LogP) is 3.89. The van der Waals surface area contributed by atoms with Crippen molar-refractivity contribution >= 4 is 11.9 Å². The van der Waals surface area contributed by atoms with Gasteiger partial charge in [-0.05, 0) is 30.5 Å². The van der Waals surface area contributed by atoms with Crippen molar-refractivity contribution in [1.29, 1.82) is 0 Å². The number of hydrogen-bond donors (Lipinski definition) is 3. The molecule has 1 aliphatic rings. The average Bonchev–Trinajstić information content (AvgIpc) is 3.46. The topological polar surface area (TPSA) is 141 Å². The maximum Gasteiger partial charge on any atom is 0.330 e. The summed E-state index contributed by atoms with van der Waals surface area (Å²) in [5, 5.41) is 5.12. The van der Waals surface area contributed by atoms with Gasteiger partial charge in [0.25, 0.3) is 11.5 Å². The molecule has 3 atom stereocenters. The summed E-state index contributed by atoms with van der Waals surface area (Å²) in [7, 11) is 1.40. The molecule has 1 saturated heterocycles. The lowest BCUT2D eigenvalue weighted by atomic mass is 9.80. The fourth-order valence-corrected chi connectivity index (χ4v) is 5.62. The molecule has 0 spiro atoms. The minimum Gasteiger partial charge on any atom is -0.504 e. The molecule has 11 heteroatoms. The Morgan fingerprint density at radius 1 is 0.957 bits per heavy atom. The van der Waals surface area contributed by atoms with Crippen LogP contribution in [0.25, 0.3) is 0 Å². The van der Waals surface area contributed by atoms with Gasteiger partial charge < -0.3 is 19.5 Å². The molecule has 2 heterocycles. The molecular weight excluding hydrogens is 588 g/mol. The van der Waals surface area contributed by atoms with Gasteiger partial charge in [0.15, 0.2) is 0 Å². The van der Waals surface area contributed by atoms with Gasteiger partial charge in [-0.15, -0.1) is 0 Å². The fraction of sp³-hybridized carbons (Fsp3) is 0.257. The van der Waals surface area contributed by atoms with Crippen molar-refractivity contribution < 1.29 is 23.8 Å². The lowest BCUT2D eigenvalue weighted by Crippen LogP contribution is -2.49. The van der Waals surface area contributed by atoms with Gasteiger partial charge in [0.1, 0.15) is 17.9 Å². The Bertz CT molecular complexity index is 1710. The van der Waals surface area contributed by atoms with Crippen LogP contribution in [0.1, 0.15) is 41.8 Å². The van der Waals surface area contributed by atoms with Crippen LogP contribution >= 0.6 is 0 Å². The highest BCUT2D eigenvalue weighted by molar-refractivity contribution is 6.03. The van der Waals surface area contributed by atoms with Gasteiger partial charge in [-0.1, -0.05) is 91.0 Å². The molecule has 3 aromatic carbocycles. The third-order valence-electron chi connectivity index (χ3n) is 7.89. The minimum atomic E-state index is -1.07. The second-order valence-corrected chi connectivity index (χ2v) is 11.0. The molecule has 0 unspecified atom stereocenters. The zero-order valence-electron chi connectivity index (χ0n) is 25.8. The molecular formula is C35H36N4O7. The van der Waals surface area contributed by atoms with Crippen molar-refractivity contribution in [1.82, 2.24) is 20.2 Å². The molecule has 5 rings (SSSR count). The van der Waals surface area contributed by atoms with Crippen LogP contribution in [0.15, 0.2) is 119 Å². The van der Waals surface area contributed by atoms with Gasteiger partial charge in [-0.2, -0.15) is 0 Å². The SMILES string of the molecule is CO/C=C(\C)C(=O)NC(=O)N[C@H]1C[C@H](n2cc(C)c(=O)[nH]c2=O)O[C@@H]1COC(c1ccccc1)(c1ccccc1)c1ccccc1. The van der Waals surface area contributed by atoms with E-state index in [4.69, 9.17) is 14.2 Å². The molecule has 46 heavy (non-hydrogen) atoms.